The van der Waals surface area contributed by atoms with Crippen molar-refractivity contribution >= 4 is 17.9 Å². The summed E-state index contributed by atoms with van der Waals surface area (Å²) < 4.78 is 10.1. The fourth-order valence-corrected chi connectivity index (χ4v) is 1.65. The first-order chi connectivity index (χ1) is 10.1. The number of aryl methyl sites for hydroxylation is 1. The minimum atomic E-state index is -0.917. The van der Waals surface area contributed by atoms with Crippen molar-refractivity contribution in [1.82, 2.24) is 4.98 Å². The van der Waals surface area contributed by atoms with Crippen LogP contribution in [0.3, 0.4) is 0 Å². The van der Waals surface area contributed by atoms with Crippen molar-refractivity contribution in [2.75, 3.05) is 12.4 Å². The SMILES string of the molecule is COc1cccc(C(=O)Nc2nc(CCC(=O)O)co2)c1. The Morgan fingerprint density at radius 3 is 2.95 bits per heavy atom. The lowest BCUT2D eigenvalue weighted by Gasteiger charge is -2.03. The normalized spacial score (nSPS) is 10.1. The summed E-state index contributed by atoms with van der Waals surface area (Å²) in [7, 11) is 1.51. The number of carboxylic acids is 1. The van der Waals surface area contributed by atoms with E-state index in [9.17, 15) is 9.59 Å². The third kappa shape index (κ3) is 4.07. The second kappa shape index (κ2) is 6.56. The van der Waals surface area contributed by atoms with Crippen LogP contribution in [0.15, 0.2) is 34.9 Å². The molecule has 0 bridgehead atoms. The molecule has 0 atom stereocenters. The molecule has 2 rings (SSSR count). The number of nitrogens with zero attached hydrogens (tertiary/aromatic N) is 1. The third-order valence-electron chi connectivity index (χ3n) is 2.70. The van der Waals surface area contributed by atoms with Crippen molar-refractivity contribution in [3.8, 4) is 5.75 Å². The molecule has 7 heteroatoms. The van der Waals surface area contributed by atoms with Crippen LogP contribution >= 0.6 is 0 Å². The minimum Gasteiger partial charge on any atom is -0.497 e. The summed E-state index contributed by atoms with van der Waals surface area (Å²) in [5.74, 6) is -0.738. The van der Waals surface area contributed by atoms with Crippen LogP contribution in [0.25, 0.3) is 0 Å². The molecule has 0 saturated carbocycles. The number of carboxylic acid groups (broad SMARTS) is 1. The first kappa shape index (κ1) is 14.6. The Kier molecular flexibility index (Phi) is 4.55. The number of aromatic nitrogens is 1. The lowest BCUT2D eigenvalue weighted by Crippen LogP contribution is -2.12. The second-order valence-electron chi connectivity index (χ2n) is 4.22. The van der Waals surface area contributed by atoms with E-state index in [0.29, 0.717) is 17.0 Å². The average Bonchev–Trinajstić information content (AvgIpc) is 2.92. The van der Waals surface area contributed by atoms with Gasteiger partial charge in [0.15, 0.2) is 0 Å². The van der Waals surface area contributed by atoms with Gasteiger partial charge in [0.1, 0.15) is 12.0 Å². The Morgan fingerprint density at radius 1 is 1.43 bits per heavy atom. The van der Waals surface area contributed by atoms with Gasteiger partial charge in [-0.05, 0) is 18.2 Å². The highest BCUT2D eigenvalue weighted by Crippen LogP contribution is 2.15. The Balaban J connectivity index is 2.00. The number of carbonyl (C=O) groups excluding carboxylic acids is 1. The molecule has 7 nitrogen and oxygen atoms in total. The number of methoxy groups -OCH3 is 1. The molecule has 0 unspecified atom stereocenters. The average molecular weight is 290 g/mol. The number of rotatable bonds is 6. The number of nitrogens with one attached hydrogen (secondary N) is 1. The Labute approximate surface area is 120 Å². The molecular formula is C14H14N2O5. The maximum Gasteiger partial charge on any atom is 0.303 e. The molecule has 21 heavy (non-hydrogen) atoms. The van der Waals surface area contributed by atoms with Crippen LogP contribution in [-0.4, -0.2) is 29.1 Å². The summed E-state index contributed by atoms with van der Waals surface area (Å²) in [6, 6.07) is 6.67. The quantitative estimate of drug-likeness (QED) is 0.843. The molecule has 2 aromatic rings. The van der Waals surface area contributed by atoms with E-state index in [-0.39, 0.29) is 24.8 Å². The van der Waals surface area contributed by atoms with Crippen LogP contribution in [0.4, 0.5) is 6.01 Å². The molecule has 0 aliphatic carbocycles. The summed E-state index contributed by atoms with van der Waals surface area (Å²) in [6.07, 6.45) is 1.52. The van der Waals surface area contributed by atoms with E-state index in [1.807, 2.05) is 0 Å². The van der Waals surface area contributed by atoms with E-state index >= 15 is 0 Å². The molecule has 1 aromatic heterocycles. The highest BCUT2D eigenvalue weighted by Gasteiger charge is 2.11. The lowest BCUT2D eigenvalue weighted by atomic mass is 10.2. The summed E-state index contributed by atoms with van der Waals surface area (Å²) >= 11 is 0. The van der Waals surface area contributed by atoms with Crippen molar-refractivity contribution < 1.29 is 23.8 Å². The van der Waals surface area contributed by atoms with Gasteiger partial charge in [0, 0.05) is 12.0 Å². The van der Waals surface area contributed by atoms with Crippen molar-refractivity contribution in [3.05, 3.63) is 41.8 Å². The third-order valence-corrected chi connectivity index (χ3v) is 2.70. The summed E-state index contributed by atoms with van der Waals surface area (Å²) in [4.78, 5) is 26.5. The highest BCUT2D eigenvalue weighted by molar-refractivity contribution is 6.03. The number of aliphatic carboxylic acids is 1. The predicted molar refractivity (Wildman–Crippen MR) is 73.4 cm³/mol. The Hall–Kier alpha value is -2.83. The van der Waals surface area contributed by atoms with E-state index in [1.165, 1.54) is 13.4 Å². The zero-order valence-corrected chi connectivity index (χ0v) is 11.3. The van der Waals surface area contributed by atoms with Gasteiger partial charge >= 0.3 is 12.0 Å². The van der Waals surface area contributed by atoms with Crippen molar-refractivity contribution in [3.63, 3.8) is 0 Å². The van der Waals surface area contributed by atoms with Gasteiger partial charge in [-0.1, -0.05) is 6.07 Å². The number of amides is 1. The fourth-order valence-electron chi connectivity index (χ4n) is 1.65. The number of anilines is 1. The van der Waals surface area contributed by atoms with Crippen LogP contribution in [-0.2, 0) is 11.2 Å². The number of carbonyl (C=O) groups is 2. The standard InChI is InChI=1S/C14H14N2O5/c1-20-11-4-2-3-9(7-11)13(19)16-14-15-10(8-21-14)5-6-12(17)18/h2-4,7-8H,5-6H2,1H3,(H,17,18)(H,15,16,19). The lowest BCUT2D eigenvalue weighted by molar-refractivity contribution is -0.136. The van der Waals surface area contributed by atoms with Crippen LogP contribution in [0.1, 0.15) is 22.5 Å². The molecular weight excluding hydrogens is 276 g/mol. The van der Waals surface area contributed by atoms with Crippen molar-refractivity contribution in [2.45, 2.75) is 12.8 Å². The maximum atomic E-state index is 12.0. The van der Waals surface area contributed by atoms with Crippen LogP contribution < -0.4 is 10.1 Å². The van der Waals surface area contributed by atoms with Gasteiger partial charge in [-0.15, -0.1) is 0 Å². The number of hydrogen-bond acceptors (Lipinski definition) is 5. The van der Waals surface area contributed by atoms with E-state index < -0.39 is 5.97 Å². The number of ether oxygens (including phenoxy) is 1. The van der Waals surface area contributed by atoms with Gasteiger partial charge < -0.3 is 14.3 Å². The highest BCUT2D eigenvalue weighted by atomic mass is 16.5. The first-order valence-corrected chi connectivity index (χ1v) is 6.20. The molecule has 0 saturated heterocycles. The second-order valence-corrected chi connectivity index (χ2v) is 4.22. The topological polar surface area (TPSA) is 102 Å². The molecule has 0 aliphatic heterocycles. The van der Waals surface area contributed by atoms with Gasteiger partial charge in [0.2, 0.25) is 0 Å². The van der Waals surface area contributed by atoms with Crippen LogP contribution in [0, 0.1) is 0 Å². The van der Waals surface area contributed by atoms with E-state index in [2.05, 4.69) is 10.3 Å². The monoisotopic (exact) mass is 290 g/mol. The molecule has 1 aromatic carbocycles. The molecule has 0 fully saturated rings. The van der Waals surface area contributed by atoms with Crippen LogP contribution in [0.5, 0.6) is 5.75 Å². The zero-order chi connectivity index (χ0) is 15.2. The molecule has 1 amide bonds. The van der Waals surface area contributed by atoms with E-state index in [1.54, 1.807) is 24.3 Å². The summed E-state index contributed by atoms with van der Waals surface area (Å²) in [5, 5.41) is 11.1. The number of hydrogen-bond donors (Lipinski definition) is 2. The molecule has 0 radical (unpaired) electrons. The molecule has 110 valence electrons. The Bertz CT molecular complexity index is 650. The van der Waals surface area contributed by atoms with Crippen molar-refractivity contribution in [2.24, 2.45) is 0 Å². The maximum absolute atomic E-state index is 12.0. The summed E-state index contributed by atoms with van der Waals surface area (Å²) in [5.41, 5.74) is 0.873. The smallest absolute Gasteiger partial charge is 0.303 e. The fraction of sp³-hybridized carbons (Fsp3) is 0.214. The zero-order valence-electron chi connectivity index (χ0n) is 11.3. The number of benzene rings is 1. The number of oxazole rings is 1. The molecule has 0 spiro atoms. The van der Waals surface area contributed by atoms with Crippen LogP contribution in [0.2, 0.25) is 0 Å². The van der Waals surface area contributed by atoms with Crippen molar-refractivity contribution in [1.29, 1.82) is 0 Å². The molecule has 0 aliphatic rings. The van der Waals surface area contributed by atoms with Gasteiger partial charge in [0.05, 0.1) is 19.2 Å². The van der Waals surface area contributed by atoms with E-state index in [4.69, 9.17) is 14.3 Å². The summed E-state index contributed by atoms with van der Waals surface area (Å²) in [6.45, 7) is 0. The largest absolute Gasteiger partial charge is 0.497 e. The van der Waals surface area contributed by atoms with E-state index in [0.717, 1.165) is 0 Å². The van der Waals surface area contributed by atoms with Gasteiger partial charge in [-0.3, -0.25) is 14.9 Å². The minimum absolute atomic E-state index is 0.0307. The molecule has 1 heterocycles. The predicted octanol–water partition coefficient (Wildman–Crippen LogP) is 1.95. The Morgan fingerprint density at radius 2 is 2.24 bits per heavy atom. The van der Waals surface area contributed by atoms with Gasteiger partial charge in [-0.25, -0.2) is 0 Å². The van der Waals surface area contributed by atoms with Gasteiger partial charge in [0.25, 0.3) is 5.91 Å². The van der Waals surface area contributed by atoms with Gasteiger partial charge in [-0.2, -0.15) is 4.98 Å². The molecule has 2 N–H and O–H groups in total. The first-order valence-electron chi connectivity index (χ1n) is 6.20.